The van der Waals surface area contributed by atoms with E-state index < -0.39 is 11.5 Å². The molecule has 2 heterocycles. The number of fused-ring (bicyclic) bond motifs is 1. The van der Waals surface area contributed by atoms with Crippen molar-refractivity contribution >= 4 is 23.1 Å². The van der Waals surface area contributed by atoms with E-state index in [9.17, 15) is 15.1 Å². The summed E-state index contributed by atoms with van der Waals surface area (Å²) in [4.78, 5) is 14.3. The van der Waals surface area contributed by atoms with E-state index in [0.29, 0.717) is 6.26 Å². The molecule has 2 rings (SSSR count). The second-order valence-corrected chi connectivity index (χ2v) is 3.47. The third kappa shape index (κ3) is 1.73. The van der Waals surface area contributed by atoms with Crippen LogP contribution in [0.5, 0.6) is 0 Å². The summed E-state index contributed by atoms with van der Waals surface area (Å²) in [6.45, 7) is 1.88. The smallest absolute Gasteiger partial charge is 0.323 e. The number of aromatic nitrogens is 3. The Morgan fingerprint density at radius 2 is 2.39 bits per heavy atom. The fourth-order valence-electron chi connectivity index (χ4n) is 1.66. The first-order valence-electron chi connectivity index (χ1n) is 5.13. The molecule has 0 amide bonds. The monoisotopic (exact) mass is 253 g/mol. The lowest BCUT2D eigenvalue weighted by Gasteiger charge is -1.97. The van der Waals surface area contributed by atoms with Crippen LogP contribution in [0, 0.1) is 5.21 Å². The number of nitrogens with one attached hydrogen (secondary N) is 2. The Bertz CT molecular complexity index is 758. The lowest BCUT2D eigenvalue weighted by molar-refractivity contribution is -0.669. The van der Waals surface area contributed by atoms with Crippen LogP contribution in [0.25, 0.3) is 23.1 Å². The van der Waals surface area contributed by atoms with E-state index in [1.54, 1.807) is 6.92 Å². The average molecular weight is 253 g/mol. The van der Waals surface area contributed by atoms with Crippen LogP contribution < -0.4 is 21.0 Å². The van der Waals surface area contributed by atoms with Crippen LogP contribution in [0.3, 0.4) is 0 Å². The van der Waals surface area contributed by atoms with E-state index in [2.05, 4.69) is 4.98 Å². The van der Waals surface area contributed by atoms with Crippen LogP contribution in [0.4, 0.5) is 0 Å². The van der Waals surface area contributed by atoms with Crippen LogP contribution in [0.1, 0.15) is 6.92 Å². The number of hydrogen-bond donors (Lipinski definition) is 4. The minimum absolute atomic E-state index is 0.0334. The minimum atomic E-state index is -0.666. The molecule has 0 aliphatic carbocycles. The molecule has 4 N–H and O–H groups in total. The van der Waals surface area contributed by atoms with Gasteiger partial charge in [-0.1, -0.05) is 4.85 Å². The Morgan fingerprint density at radius 3 is 3.00 bits per heavy atom. The quantitative estimate of drug-likeness (QED) is 0.380. The highest BCUT2D eigenvalue weighted by Gasteiger charge is 2.12. The maximum absolute atomic E-state index is 11.5. The molecule has 0 aliphatic rings. The molecule has 0 aliphatic heterocycles. The van der Waals surface area contributed by atoms with Gasteiger partial charge >= 0.3 is 11.5 Å². The lowest BCUT2D eigenvalue weighted by atomic mass is 10.3. The highest BCUT2D eigenvalue weighted by atomic mass is 16.6. The van der Waals surface area contributed by atoms with Crippen molar-refractivity contribution in [1.29, 1.82) is 0 Å². The van der Waals surface area contributed by atoms with E-state index in [4.69, 9.17) is 9.84 Å². The zero-order valence-corrected chi connectivity index (χ0v) is 9.43. The summed E-state index contributed by atoms with van der Waals surface area (Å²) >= 11 is 0. The summed E-state index contributed by atoms with van der Waals surface area (Å²) in [7, 11) is 0. The molecule has 0 atom stereocenters. The molecule has 18 heavy (non-hydrogen) atoms. The number of aliphatic hydroxyl groups is 2. The van der Waals surface area contributed by atoms with Crippen molar-refractivity contribution in [1.82, 2.24) is 10.1 Å². The van der Waals surface area contributed by atoms with Gasteiger partial charge in [0.1, 0.15) is 10.9 Å². The standard InChI is InChI=1S/C10H11N3O5/c1-2-18-10(16)8-6(4-14)5-3-13(17)12-9(15)7(5)11-8/h3-4,11,14,16H,2H2,1H3,(H,12,15)/b6-4+,10-8+. The Hall–Kier alpha value is -2.64. The minimum Gasteiger partial charge on any atom is -0.596 e. The largest absolute Gasteiger partial charge is 0.596 e. The number of H-pyrrole nitrogens is 2. The summed E-state index contributed by atoms with van der Waals surface area (Å²) in [6.07, 6.45) is 1.75. The summed E-state index contributed by atoms with van der Waals surface area (Å²) in [5.74, 6) is -0.467. The molecule has 2 aromatic heterocycles. The first-order chi connectivity index (χ1) is 8.58. The highest BCUT2D eigenvalue weighted by Crippen LogP contribution is 1.95. The SMILES string of the molecule is CCO/C(O)=c1/[nH]c2c(=O)[nH][n+]([O-])cc2/c1=C\O. The molecule has 0 spiro atoms. The first-order valence-corrected chi connectivity index (χ1v) is 5.13. The molecule has 0 saturated heterocycles. The molecule has 0 unspecified atom stereocenters. The number of nitrogens with zero attached hydrogens (tertiary/aromatic N) is 1. The van der Waals surface area contributed by atoms with Gasteiger partial charge in [0, 0.05) is 0 Å². The van der Waals surface area contributed by atoms with Crippen LogP contribution in [-0.4, -0.2) is 26.9 Å². The summed E-state index contributed by atoms with van der Waals surface area (Å²) in [5.41, 5.74) is -0.607. The Labute approximate surface area is 99.6 Å². The Morgan fingerprint density at radius 1 is 1.67 bits per heavy atom. The zero-order valence-electron chi connectivity index (χ0n) is 9.43. The van der Waals surface area contributed by atoms with Gasteiger partial charge in [0.25, 0.3) is 0 Å². The number of aliphatic hydroxyl groups excluding tert-OH is 2. The molecule has 0 aromatic carbocycles. The summed E-state index contributed by atoms with van der Waals surface area (Å²) in [5, 5.41) is 32.2. The number of aromatic amines is 2. The molecule has 96 valence electrons. The van der Waals surface area contributed by atoms with Crippen LogP contribution in [-0.2, 0) is 4.74 Å². The van der Waals surface area contributed by atoms with E-state index in [0.717, 1.165) is 6.20 Å². The zero-order chi connectivity index (χ0) is 13.3. The van der Waals surface area contributed by atoms with Crippen LogP contribution in [0.2, 0.25) is 0 Å². The first kappa shape index (κ1) is 11.8. The van der Waals surface area contributed by atoms with Crippen molar-refractivity contribution < 1.29 is 19.8 Å². The van der Waals surface area contributed by atoms with Crippen LogP contribution >= 0.6 is 0 Å². The van der Waals surface area contributed by atoms with E-state index in [-0.39, 0.29) is 32.9 Å². The molecule has 8 nitrogen and oxygen atoms in total. The van der Waals surface area contributed by atoms with Crippen molar-refractivity contribution in [3.05, 3.63) is 32.3 Å². The fraction of sp³-hybridized carbons (Fsp3) is 0.200. The van der Waals surface area contributed by atoms with Crippen molar-refractivity contribution in [3.8, 4) is 0 Å². The van der Waals surface area contributed by atoms with Gasteiger partial charge in [-0.25, -0.2) is 0 Å². The summed E-state index contributed by atoms with van der Waals surface area (Å²) < 4.78 is 4.88. The molecule has 0 saturated carbocycles. The topological polar surface area (TPSA) is 125 Å². The number of rotatable bonds is 2. The maximum atomic E-state index is 11.5. The van der Waals surface area contributed by atoms with Gasteiger partial charge in [-0.15, -0.1) is 5.10 Å². The molecule has 8 heteroatoms. The molecule has 0 bridgehead atoms. The third-order valence-corrected chi connectivity index (χ3v) is 2.39. The molecular formula is C10H11N3O5. The molecule has 0 radical (unpaired) electrons. The summed E-state index contributed by atoms with van der Waals surface area (Å²) in [6, 6.07) is 0. The number of hydrogen-bond acceptors (Lipinski definition) is 5. The Kier molecular flexibility index (Phi) is 2.84. The molecule has 0 fully saturated rings. The van der Waals surface area contributed by atoms with Gasteiger partial charge in [0.05, 0.1) is 23.5 Å². The second kappa shape index (κ2) is 4.32. The van der Waals surface area contributed by atoms with Crippen molar-refractivity contribution in [2.24, 2.45) is 0 Å². The van der Waals surface area contributed by atoms with E-state index in [1.165, 1.54) is 0 Å². The lowest BCUT2D eigenvalue weighted by Crippen LogP contribution is -2.37. The molecule has 2 aromatic rings. The fourth-order valence-corrected chi connectivity index (χ4v) is 1.66. The Balaban J connectivity index is 3.00. The molecular weight excluding hydrogens is 242 g/mol. The predicted molar refractivity (Wildman–Crippen MR) is 61.9 cm³/mol. The van der Waals surface area contributed by atoms with Gasteiger partial charge in [-0.2, -0.15) is 0 Å². The van der Waals surface area contributed by atoms with Gasteiger partial charge in [-0.3, -0.25) is 4.79 Å². The van der Waals surface area contributed by atoms with Crippen molar-refractivity contribution in [3.63, 3.8) is 0 Å². The predicted octanol–water partition coefficient (Wildman–Crippen LogP) is -1.55. The van der Waals surface area contributed by atoms with Crippen molar-refractivity contribution in [2.75, 3.05) is 6.61 Å². The number of ether oxygens (including phenoxy) is 1. The highest BCUT2D eigenvalue weighted by molar-refractivity contribution is 5.78. The van der Waals surface area contributed by atoms with Crippen molar-refractivity contribution in [2.45, 2.75) is 6.92 Å². The van der Waals surface area contributed by atoms with E-state index in [1.807, 2.05) is 5.10 Å². The normalized spacial score (nSPS) is 13.9. The van der Waals surface area contributed by atoms with Gasteiger partial charge in [0.15, 0.2) is 0 Å². The van der Waals surface area contributed by atoms with E-state index >= 15 is 0 Å². The third-order valence-electron chi connectivity index (χ3n) is 2.39. The van der Waals surface area contributed by atoms with Gasteiger partial charge in [0.2, 0.25) is 6.20 Å². The van der Waals surface area contributed by atoms with Gasteiger partial charge < -0.3 is 25.1 Å². The average Bonchev–Trinajstić information content (AvgIpc) is 2.68. The van der Waals surface area contributed by atoms with Gasteiger partial charge in [-0.05, 0) is 6.92 Å². The maximum Gasteiger partial charge on any atom is 0.323 e. The second-order valence-electron chi connectivity index (χ2n) is 3.47. The van der Waals surface area contributed by atoms with Crippen LogP contribution in [0.15, 0.2) is 11.0 Å².